The molecule has 0 fully saturated rings. The van der Waals surface area contributed by atoms with E-state index in [0.29, 0.717) is 13.1 Å². The summed E-state index contributed by atoms with van der Waals surface area (Å²) in [7, 11) is 0. The Balaban J connectivity index is 2.02. The first kappa shape index (κ1) is 14.4. The molecule has 22 heavy (non-hydrogen) atoms. The van der Waals surface area contributed by atoms with Crippen LogP contribution in [0.25, 0.3) is 0 Å². The van der Waals surface area contributed by atoms with E-state index in [9.17, 15) is 9.90 Å². The van der Waals surface area contributed by atoms with Crippen LogP contribution in [-0.4, -0.2) is 24.5 Å². The number of aliphatic hydroxyl groups is 1. The summed E-state index contributed by atoms with van der Waals surface area (Å²) in [5.41, 5.74) is 2.57. The Morgan fingerprint density at radius 2 is 1.86 bits per heavy atom. The molecule has 0 saturated heterocycles. The van der Waals surface area contributed by atoms with Crippen molar-refractivity contribution in [3.8, 4) is 0 Å². The van der Waals surface area contributed by atoms with Gasteiger partial charge in [-0.3, -0.25) is 4.79 Å². The number of hydrogen-bond acceptors (Lipinski definition) is 5. The Bertz CT molecular complexity index is 647. The normalized spacial score (nSPS) is 18.5. The van der Waals surface area contributed by atoms with Gasteiger partial charge in [0.2, 0.25) is 0 Å². The van der Waals surface area contributed by atoms with Gasteiger partial charge >= 0.3 is 0 Å². The largest absolute Gasteiger partial charge is 0.444 e. The number of aliphatic hydroxyl groups excluding tert-OH is 1. The van der Waals surface area contributed by atoms with Crippen molar-refractivity contribution >= 4 is 17.8 Å². The summed E-state index contributed by atoms with van der Waals surface area (Å²) < 4.78 is 5.09. The van der Waals surface area contributed by atoms with E-state index in [2.05, 4.69) is 0 Å². The van der Waals surface area contributed by atoms with Crippen LogP contribution in [0.4, 0.5) is 11.4 Å². The summed E-state index contributed by atoms with van der Waals surface area (Å²) in [5.74, 6) is 0. The maximum absolute atomic E-state index is 10.7. The highest BCUT2D eigenvalue weighted by atomic mass is 16.5. The molecule has 0 amide bonds. The van der Waals surface area contributed by atoms with Crippen molar-refractivity contribution in [2.45, 2.75) is 19.4 Å². The van der Waals surface area contributed by atoms with Crippen molar-refractivity contribution in [2.24, 2.45) is 0 Å². The van der Waals surface area contributed by atoms with Crippen LogP contribution in [0.15, 0.2) is 54.6 Å². The summed E-state index contributed by atoms with van der Waals surface area (Å²) in [6.07, 6.45) is -1.16. The first-order chi connectivity index (χ1) is 10.7. The highest BCUT2D eigenvalue weighted by Crippen LogP contribution is 2.37. The van der Waals surface area contributed by atoms with Gasteiger partial charge in [-0.25, -0.2) is 0 Å². The number of carbonyl (C=O) groups is 1. The number of hydrogen-bond donors (Lipinski definition) is 1. The van der Waals surface area contributed by atoms with Gasteiger partial charge in [0, 0.05) is 16.9 Å². The van der Waals surface area contributed by atoms with Gasteiger partial charge in [0.1, 0.15) is 0 Å². The van der Waals surface area contributed by atoms with Gasteiger partial charge < -0.3 is 19.6 Å². The molecule has 1 aliphatic heterocycles. The molecule has 5 heteroatoms. The van der Waals surface area contributed by atoms with Crippen molar-refractivity contribution in [3.63, 3.8) is 0 Å². The lowest BCUT2D eigenvalue weighted by Crippen LogP contribution is -2.49. The number of carbonyl (C=O) groups excluding carboxylic acids is 1. The maximum Gasteiger partial charge on any atom is 0.294 e. The third-order valence-electron chi connectivity index (χ3n) is 3.90. The topological polar surface area (TPSA) is 53.0 Å². The molecule has 114 valence electrons. The fraction of sp³-hybridized carbons (Fsp3) is 0.235. The van der Waals surface area contributed by atoms with Gasteiger partial charge in [-0.05, 0) is 25.1 Å². The summed E-state index contributed by atoms with van der Waals surface area (Å²) in [4.78, 5) is 14.5. The Kier molecular flexibility index (Phi) is 3.98. The Labute approximate surface area is 129 Å². The first-order valence-electron chi connectivity index (χ1n) is 7.17. The van der Waals surface area contributed by atoms with Crippen molar-refractivity contribution in [3.05, 3.63) is 60.2 Å². The van der Waals surface area contributed by atoms with Gasteiger partial charge in [-0.15, -0.1) is 0 Å². The second-order valence-corrected chi connectivity index (χ2v) is 5.18. The van der Waals surface area contributed by atoms with Crippen molar-refractivity contribution in [2.75, 3.05) is 16.5 Å². The molecule has 0 radical (unpaired) electrons. The van der Waals surface area contributed by atoms with E-state index in [1.54, 1.807) is 0 Å². The number of fused-ring (bicyclic) bond motifs is 1. The fourth-order valence-corrected chi connectivity index (χ4v) is 2.76. The summed E-state index contributed by atoms with van der Waals surface area (Å²) in [5, 5.41) is 10.7. The minimum absolute atomic E-state index is 0.419. The second-order valence-electron chi connectivity index (χ2n) is 5.18. The summed E-state index contributed by atoms with van der Waals surface area (Å²) >= 11 is 0. The average Bonchev–Trinajstić information content (AvgIpc) is 2.56. The number of rotatable bonds is 4. The first-order valence-corrected chi connectivity index (χ1v) is 7.17. The zero-order chi connectivity index (χ0) is 15.5. The van der Waals surface area contributed by atoms with Gasteiger partial charge in [-0.2, -0.15) is 0 Å². The van der Waals surface area contributed by atoms with Crippen molar-refractivity contribution < 1.29 is 14.6 Å². The molecular formula is C17H18N2O3. The predicted molar refractivity (Wildman–Crippen MR) is 84.3 cm³/mol. The van der Waals surface area contributed by atoms with Crippen LogP contribution in [0.3, 0.4) is 0 Å². The molecule has 0 aliphatic carbocycles. The van der Waals surface area contributed by atoms with Crippen LogP contribution in [0, 0.1) is 0 Å². The SMILES string of the molecule is CC(OC=O)N1CN(c2ccccc2)C(O)c2ccccc21. The molecule has 0 bridgehead atoms. The molecule has 1 heterocycles. The van der Waals surface area contributed by atoms with Crippen LogP contribution in [0.5, 0.6) is 0 Å². The quantitative estimate of drug-likeness (QED) is 0.879. The fourth-order valence-electron chi connectivity index (χ4n) is 2.76. The van der Waals surface area contributed by atoms with E-state index < -0.39 is 12.5 Å². The van der Waals surface area contributed by atoms with E-state index in [0.717, 1.165) is 16.9 Å². The number of para-hydroxylation sites is 2. The molecule has 1 aliphatic rings. The van der Waals surface area contributed by atoms with Crippen LogP contribution < -0.4 is 9.80 Å². The minimum Gasteiger partial charge on any atom is -0.444 e. The monoisotopic (exact) mass is 298 g/mol. The molecule has 0 spiro atoms. The summed E-state index contributed by atoms with van der Waals surface area (Å²) in [6, 6.07) is 17.3. The standard InChI is InChI=1S/C17H18N2O3/c1-13(22-12-20)18-11-19(14-7-3-2-4-8-14)17(21)15-9-5-6-10-16(15)18/h2-10,12-13,17,21H,11H2,1H3. The summed E-state index contributed by atoms with van der Waals surface area (Å²) in [6.45, 7) is 2.69. The molecule has 2 aromatic carbocycles. The van der Waals surface area contributed by atoms with Crippen LogP contribution in [0.1, 0.15) is 18.7 Å². The van der Waals surface area contributed by atoms with Crippen LogP contribution in [0.2, 0.25) is 0 Å². The zero-order valence-electron chi connectivity index (χ0n) is 12.3. The van der Waals surface area contributed by atoms with Crippen molar-refractivity contribution in [1.29, 1.82) is 0 Å². The van der Waals surface area contributed by atoms with Crippen LogP contribution >= 0.6 is 0 Å². The molecule has 5 nitrogen and oxygen atoms in total. The lowest BCUT2D eigenvalue weighted by Gasteiger charge is -2.44. The molecule has 0 saturated carbocycles. The predicted octanol–water partition coefficient (Wildman–Crippen LogP) is 2.48. The molecule has 1 N–H and O–H groups in total. The second kappa shape index (κ2) is 6.07. The molecule has 3 rings (SSSR count). The molecule has 2 atom stereocenters. The van der Waals surface area contributed by atoms with E-state index in [-0.39, 0.29) is 0 Å². The Morgan fingerprint density at radius 3 is 2.59 bits per heavy atom. The van der Waals surface area contributed by atoms with E-state index in [4.69, 9.17) is 4.74 Å². The molecule has 2 unspecified atom stereocenters. The zero-order valence-corrected chi connectivity index (χ0v) is 12.3. The molecule has 2 aromatic rings. The third-order valence-corrected chi connectivity index (χ3v) is 3.90. The minimum atomic E-state index is -0.738. The number of ether oxygens (including phenoxy) is 1. The van der Waals surface area contributed by atoms with Crippen LogP contribution in [-0.2, 0) is 9.53 Å². The van der Waals surface area contributed by atoms with Gasteiger partial charge in [0.05, 0.1) is 6.67 Å². The third kappa shape index (κ3) is 2.51. The lowest BCUT2D eigenvalue weighted by molar-refractivity contribution is -0.132. The Morgan fingerprint density at radius 1 is 1.18 bits per heavy atom. The smallest absolute Gasteiger partial charge is 0.294 e. The lowest BCUT2D eigenvalue weighted by atomic mass is 10.1. The van der Waals surface area contributed by atoms with E-state index in [1.807, 2.05) is 71.3 Å². The molecule has 0 aromatic heterocycles. The maximum atomic E-state index is 10.7. The van der Waals surface area contributed by atoms with E-state index in [1.165, 1.54) is 0 Å². The highest BCUT2D eigenvalue weighted by molar-refractivity contribution is 5.63. The van der Waals surface area contributed by atoms with Gasteiger partial charge in [0.25, 0.3) is 6.47 Å². The highest BCUT2D eigenvalue weighted by Gasteiger charge is 2.32. The number of anilines is 2. The van der Waals surface area contributed by atoms with Gasteiger partial charge in [-0.1, -0.05) is 36.4 Å². The molecular weight excluding hydrogens is 280 g/mol. The van der Waals surface area contributed by atoms with Crippen molar-refractivity contribution in [1.82, 2.24) is 0 Å². The number of benzene rings is 2. The van der Waals surface area contributed by atoms with E-state index >= 15 is 0 Å². The van der Waals surface area contributed by atoms with Gasteiger partial charge in [0.15, 0.2) is 12.5 Å². The number of nitrogens with zero attached hydrogens (tertiary/aromatic N) is 2. The average molecular weight is 298 g/mol. The Hall–Kier alpha value is -2.53.